The van der Waals surface area contributed by atoms with Gasteiger partial charge >= 0.3 is 5.97 Å². The Morgan fingerprint density at radius 3 is 3.12 bits per heavy atom. The number of aromatic nitrogens is 2. The molecule has 3 heterocycles. The lowest BCUT2D eigenvalue weighted by Gasteiger charge is -2.48. The van der Waals surface area contributed by atoms with Crippen molar-refractivity contribution in [1.82, 2.24) is 20.0 Å². The summed E-state index contributed by atoms with van der Waals surface area (Å²) in [6.45, 7) is 2.67. The van der Waals surface area contributed by atoms with Crippen LogP contribution in [-0.2, 0) is 11.3 Å². The second-order valence-electron chi connectivity index (χ2n) is 7.29. The minimum atomic E-state index is -0.754. The molecule has 0 saturated carbocycles. The fourth-order valence-electron chi connectivity index (χ4n) is 4.42. The Labute approximate surface area is 151 Å². The molecule has 2 aromatic rings. The number of aliphatic carboxylic acids is 1. The van der Waals surface area contributed by atoms with Crippen molar-refractivity contribution < 1.29 is 14.3 Å². The largest absolute Gasteiger partial charge is 0.481 e. The molecule has 0 bridgehead atoms. The van der Waals surface area contributed by atoms with E-state index in [1.165, 1.54) is 12.1 Å². The number of benzene rings is 1. The van der Waals surface area contributed by atoms with E-state index in [2.05, 4.69) is 15.3 Å². The number of piperidine rings is 2. The average Bonchev–Trinajstić information content (AvgIpc) is 3.16. The third-order valence-electron chi connectivity index (χ3n) is 5.71. The standard InChI is InChI=1S/C19H23FN4O2/c20-15-3-4-16(24-9-2-8-22-24)14(11-15)12-23-10-5-17-19(13-23,18(25)26)6-1-7-21-17/h2-4,8-9,11,17,21H,1,5-7,10,12-13H2,(H,25,26)/t17-,19+/m1/s1. The minimum Gasteiger partial charge on any atom is -0.481 e. The molecule has 2 atom stereocenters. The van der Waals surface area contributed by atoms with Crippen molar-refractivity contribution in [2.24, 2.45) is 5.41 Å². The Morgan fingerprint density at radius 2 is 2.35 bits per heavy atom. The predicted molar refractivity (Wildman–Crippen MR) is 94.5 cm³/mol. The fraction of sp³-hybridized carbons (Fsp3) is 0.474. The number of hydrogen-bond donors (Lipinski definition) is 2. The van der Waals surface area contributed by atoms with Crippen LogP contribution >= 0.6 is 0 Å². The van der Waals surface area contributed by atoms with Gasteiger partial charge in [0.15, 0.2) is 0 Å². The van der Waals surface area contributed by atoms with E-state index in [1.807, 2.05) is 12.3 Å². The number of carbonyl (C=O) groups is 1. The molecule has 2 saturated heterocycles. The van der Waals surface area contributed by atoms with Crippen molar-refractivity contribution in [3.8, 4) is 5.69 Å². The van der Waals surface area contributed by atoms with E-state index < -0.39 is 11.4 Å². The molecule has 6 nitrogen and oxygen atoms in total. The highest BCUT2D eigenvalue weighted by molar-refractivity contribution is 5.76. The average molecular weight is 358 g/mol. The third-order valence-corrected chi connectivity index (χ3v) is 5.71. The Balaban J connectivity index is 1.60. The molecule has 2 aliphatic heterocycles. The highest BCUT2D eigenvalue weighted by Gasteiger charge is 2.50. The molecule has 4 rings (SSSR count). The second kappa shape index (κ2) is 6.81. The first-order valence-corrected chi connectivity index (χ1v) is 9.06. The molecule has 7 heteroatoms. The summed E-state index contributed by atoms with van der Waals surface area (Å²) in [4.78, 5) is 14.2. The van der Waals surface area contributed by atoms with Crippen molar-refractivity contribution >= 4 is 5.97 Å². The molecule has 0 aliphatic carbocycles. The summed E-state index contributed by atoms with van der Waals surface area (Å²) in [6, 6.07) is 6.51. The van der Waals surface area contributed by atoms with E-state index in [0.717, 1.165) is 37.2 Å². The Bertz CT molecular complexity index is 795. The maximum absolute atomic E-state index is 13.9. The molecule has 2 N–H and O–H groups in total. The van der Waals surface area contributed by atoms with Gasteiger partial charge < -0.3 is 10.4 Å². The van der Waals surface area contributed by atoms with Crippen LogP contribution in [0.5, 0.6) is 0 Å². The lowest BCUT2D eigenvalue weighted by Crippen LogP contribution is -2.62. The van der Waals surface area contributed by atoms with Gasteiger partial charge in [0.1, 0.15) is 5.82 Å². The first-order chi connectivity index (χ1) is 12.6. The number of carboxylic acids is 1. The van der Waals surface area contributed by atoms with E-state index >= 15 is 0 Å². The van der Waals surface area contributed by atoms with Crippen LogP contribution < -0.4 is 5.32 Å². The van der Waals surface area contributed by atoms with Crippen molar-refractivity contribution in [3.05, 3.63) is 48.0 Å². The number of nitrogens with zero attached hydrogens (tertiary/aromatic N) is 3. The normalized spacial score (nSPS) is 26.4. The molecule has 2 fully saturated rings. The highest BCUT2D eigenvalue weighted by Crippen LogP contribution is 2.38. The van der Waals surface area contributed by atoms with Gasteiger partial charge in [-0.05, 0) is 55.6 Å². The zero-order valence-corrected chi connectivity index (χ0v) is 14.6. The molecule has 0 unspecified atom stereocenters. The van der Waals surface area contributed by atoms with Gasteiger partial charge in [-0.3, -0.25) is 9.69 Å². The van der Waals surface area contributed by atoms with Gasteiger partial charge in [0.05, 0.1) is 11.1 Å². The summed E-state index contributed by atoms with van der Waals surface area (Å²) >= 11 is 0. The number of carboxylic acid groups (broad SMARTS) is 1. The molecule has 26 heavy (non-hydrogen) atoms. The first-order valence-electron chi connectivity index (χ1n) is 9.06. The Morgan fingerprint density at radius 1 is 1.46 bits per heavy atom. The van der Waals surface area contributed by atoms with Crippen LogP contribution in [0, 0.1) is 11.2 Å². The molecular formula is C19H23FN4O2. The van der Waals surface area contributed by atoms with Gasteiger partial charge in [0, 0.05) is 38.1 Å². The van der Waals surface area contributed by atoms with Crippen molar-refractivity contribution in [3.63, 3.8) is 0 Å². The van der Waals surface area contributed by atoms with Crippen LogP contribution in [0.1, 0.15) is 24.8 Å². The van der Waals surface area contributed by atoms with Crippen LogP contribution in [-0.4, -0.2) is 51.4 Å². The molecule has 0 radical (unpaired) electrons. The molecule has 1 aromatic carbocycles. The minimum absolute atomic E-state index is 0.0168. The van der Waals surface area contributed by atoms with Crippen LogP contribution in [0.4, 0.5) is 4.39 Å². The molecule has 0 spiro atoms. The summed E-state index contributed by atoms with van der Waals surface area (Å²) in [5, 5.41) is 17.6. The van der Waals surface area contributed by atoms with Crippen LogP contribution in [0.15, 0.2) is 36.7 Å². The summed E-state index contributed by atoms with van der Waals surface area (Å²) in [7, 11) is 0. The van der Waals surface area contributed by atoms with Gasteiger partial charge in [0.25, 0.3) is 0 Å². The number of rotatable bonds is 4. The maximum atomic E-state index is 13.9. The van der Waals surface area contributed by atoms with Gasteiger partial charge in [-0.1, -0.05) is 0 Å². The molecule has 0 amide bonds. The quantitative estimate of drug-likeness (QED) is 0.875. The van der Waals surface area contributed by atoms with Crippen molar-refractivity contribution in [2.45, 2.75) is 31.8 Å². The fourth-order valence-corrected chi connectivity index (χ4v) is 4.42. The molecule has 138 valence electrons. The van der Waals surface area contributed by atoms with Gasteiger partial charge in [0.2, 0.25) is 0 Å². The Hall–Kier alpha value is -2.25. The maximum Gasteiger partial charge on any atom is 0.312 e. The number of fused-ring (bicyclic) bond motifs is 1. The number of halogens is 1. The van der Waals surface area contributed by atoms with Crippen LogP contribution in [0.2, 0.25) is 0 Å². The highest BCUT2D eigenvalue weighted by atomic mass is 19.1. The van der Waals surface area contributed by atoms with E-state index in [0.29, 0.717) is 19.5 Å². The van der Waals surface area contributed by atoms with E-state index in [9.17, 15) is 14.3 Å². The van der Waals surface area contributed by atoms with Crippen LogP contribution in [0.3, 0.4) is 0 Å². The summed E-state index contributed by atoms with van der Waals surface area (Å²) in [5.41, 5.74) is 0.886. The van der Waals surface area contributed by atoms with Gasteiger partial charge in [-0.25, -0.2) is 9.07 Å². The SMILES string of the molecule is O=C(O)[C@]12CCCN[C@@H]1CCN(Cc1cc(F)ccc1-n1cccn1)C2. The predicted octanol–water partition coefficient (Wildman–Crippen LogP) is 2.04. The monoisotopic (exact) mass is 358 g/mol. The van der Waals surface area contributed by atoms with Gasteiger partial charge in [-0.2, -0.15) is 5.10 Å². The zero-order chi connectivity index (χ0) is 18.1. The van der Waals surface area contributed by atoms with E-state index in [4.69, 9.17) is 0 Å². The Kier molecular flexibility index (Phi) is 4.50. The molecule has 2 aliphatic rings. The number of likely N-dealkylation sites (tertiary alicyclic amines) is 1. The number of nitrogens with one attached hydrogen (secondary N) is 1. The van der Waals surface area contributed by atoms with E-state index in [1.54, 1.807) is 16.9 Å². The van der Waals surface area contributed by atoms with Crippen LogP contribution in [0.25, 0.3) is 5.69 Å². The first kappa shape index (κ1) is 17.2. The summed E-state index contributed by atoms with van der Waals surface area (Å²) in [5.74, 6) is -1.02. The zero-order valence-electron chi connectivity index (χ0n) is 14.6. The topological polar surface area (TPSA) is 70.4 Å². The molecule has 1 aromatic heterocycles. The van der Waals surface area contributed by atoms with E-state index in [-0.39, 0.29) is 11.9 Å². The number of hydrogen-bond acceptors (Lipinski definition) is 4. The summed E-state index contributed by atoms with van der Waals surface area (Å²) < 4.78 is 15.6. The second-order valence-corrected chi connectivity index (χ2v) is 7.29. The van der Waals surface area contributed by atoms with Crippen molar-refractivity contribution in [1.29, 1.82) is 0 Å². The lowest BCUT2D eigenvalue weighted by molar-refractivity contribution is -0.157. The van der Waals surface area contributed by atoms with Gasteiger partial charge in [-0.15, -0.1) is 0 Å². The lowest BCUT2D eigenvalue weighted by atomic mass is 9.70. The smallest absolute Gasteiger partial charge is 0.312 e. The third kappa shape index (κ3) is 3.01. The summed E-state index contributed by atoms with van der Waals surface area (Å²) in [6.07, 6.45) is 5.86. The molecular weight excluding hydrogens is 335 g/mol. The van der Waals surface area contributed by atoms with Crippen molar-refractivity contribution in [2.75, 3.05) is 19.6 Å².